The number of carbonyl (C=O) groups is 1. The van der Waals surface area contributed by atoms with Crippen molar-refractivity contribution in [2.75, 3.05) is 38.2 Å². The van der Waals surface area contributed by atoms with Crippen LogP contribution in [0.1, 0.15) is 10.4 Å². The Morgan fingerprint density at radius 2 is 1.57 bits per heavy atom. The molecule has 6 heteroatoms. The van der Waals surface area contributed by atoms with E-state index in [0.29, 0.717) is 31.7 Å². The van der Waals surface area contributed by atoms with Crippen LogP contribution in [0.3, 0.4) is 0 Å². The van der Waals surface area contributed by atoms with E-state index in [2.05, 4.69) is 17.0 Å². The van der Waals surface area contributed by atoms with Crippen LogP contribution in [-0.4, -0.2) is 54.2 Å². The number of amides is 1. The van der Waals surface area contributed by atoms with Gasteiger partial charge in [0.15, 0.2) is 0 Å². The third-order valence-corrected chi connectivity index (χ3v) is 7.08. The molecular formula is C31H27N3O3. The summed E-state index contributed by atoms with van der Waals surface area (Å²) in [4.78, 5) is 22.7. The van der Waals surface area contributed by atoms with Gasteiger partial charge in [0, 0.05) is 37.1 Å². The number of rotatable bonds is 4. The number of para-hydroxylation sites is 3. The molecule has 5 aromatic rings. The minimum absolute atomic E-state index is 0.00214. The fourth-order valence-electron chi connectivity index (χ4n) is 5.06. The van der Waals surface area contributed by atoms with Crippen LogP contribution in [0.4, 0.5) is 5.69 Å². The lowest BCUT2D eigenvalue weighted by atomic mass is 10.0. The molecular weight excluding hydrogens is 462 g/mol. The Hall–Kier alpha value is -4.58. The van der Waals surface area contributed by atoms with Crippen LogP contribution in [0.25, 0.3) is 32.9 Å². The molecule has 0 bridgehead atoms. The maximum absolute atomic E-state index is 13.8. The molecule has 2 heterocycles. The van der Waals surface area contributed by atoms with E-state index in [1.165, 1.54) is 0 Å². The third kappa shape index (κ3) is 4.31. The second-order valence-corrected chi connectivity index (χ2v) is 9.27. The van der Waals surface area contributed by atoms with Crippen LogP contribution in [0.2, 0.25) is 0 Å². The molecule has 1 aromatic heterocycles. The molecule has 37 heavy (non-hydrogen) atoms. The SMILES string of the molecule is COc1ccc2cc(-c3cc(C(=O)N4CCN(c5ccccc5O)CC4)c4ccccc4n3)ccc2c1. The van der Waals surface area contributed by atoms with E-state index in [1.54, 1.807) is 13.2 Å². The molecule has 0 saturated carbocycles. The Kier molecular flexibility index (Phi) is 5.85. The lowest BCUT2D eigenvalue weighted by molar-refractivity contribution is 0.0748. The van der Waals surface area contributed by atoms with Gasteiger partial charge in [-0.15, -0.1) is 0 Å². The number of fused-ring (bicyclic) bond motifs is 2. The number of ether oxygens (including phenoxy) is 1. The maximum Gasteiger partial charge on any atom is 0.254 e. The molecule has 0 unspecified atom stereocenters. The number of methoxy groups -OCH3 is 1. The molecule has 1 saturated heterocycles. The minimum Gasteiger partial charge on any atom is -0.506 e. The number of hydrogen-bond donors (Lipinski definition) is 1. The first-order valence-corrected chi connectivity index (χ1v) is 12.4. The summed E-state index contributed by atoms with van der Waals surface area (Å²) in [6.07, 6.45) is 0. The van der Waals surface area contributed by atoms with E-state index >= 15 is 0 Å². The fraction of sp³-hybridized carbons (Fsp3) is 0.161. The number of aromatic nitrogens is 1. The topological polar surface area (TPSA) is 65.9 Å². The van der Waals surface area contributed by atoms with E-state index < -0.39 is 0 Å². The van der Waals surface area contributed by atoms with Crippen molar-refractivity contribution in [3.8, 4) is 22.8 Å². The van der Waals surface area contributed by atoms with Crippen molar-refractivity contribution in [1.29, 1.82) is 0 Å². The number of piperazine rings is 1. The van der Waals surface area contributed by atoms with E-state index in [0.717, 1.165) is 44.4 Å². The number of pyridine rings is 1. The van der Waals surface area contributed by atoms with Crippen molar-refractivity contribution in [2.45, 2.75) is 0 Å². The lowest BCUT2D eigenvalue weighted by Crippen LogP contribution is -2.48. The Morgan fingerprint density at radius 1 is 0.838 bits per heavy atom. The third-order valence-electron chi connectivity index (χ3n) is 7.08. The predicted molar refractivity (Wildman–Crippen MR) is 147 cm³/mol. The zero-order valence-electron chi connectivity index (χ0n) is 20.6. The monoisotopic (exact) mass is 489 g/mol. The van der Waals surface area contributed by atoms with Crippen LogP contribution in [0, 0.1) is 0 Å². The van der Waals surface area contributed by atoms with Crippen molar-refractivity contribution in [1.82, 2.24) is 9.88 Å². The predicted octanol–water partition coefficient (Wildman–Crippen LogP) is 5.73. The summed E-state index contributed by atoms with van der Waals surface area (Å²) in [6, 6.07) is 29.3. The molecule has 1 aliphatic rings. The number of hydrogen-bond acceptors (Lipinski definition) is 5. The first kappa shape index (κ1) is 22.9. The van der Waals surface area contributed by atoms with Crippen LogP contribution in [0.15, 0.2) is 91.0 Å². The van der Waals surface area contributed by atoms with Gasteiger partial charge in [-0.25, -0.2) is 4.98 Å². The summed E-state index contributed by atoms with van der Waals surface area (Å²) in [7, 11) is 1.67. The summed E-state index contributed by atoms with van der Waals surface area (Å²) < 4.78 is 5.35. The zero-order valence-corrected chi connectivity index (χ0v) is 20.6. The van der Waals surface area contributed by atoms with Gasteiger partial charge in [-0.1, -0.05) is 48.5 Å². The molecule has 6 nitrogen and oxygen atoms in total. The highest BCUT2D eigenvalue weighted by Crippen LogP contribution is 2.31. The van der Waals surface area contributed by atoms with E-state index in [1.807, 2.05) is 77.7 Å². The van der Waals surface area contributed by atoms with Gasteiger partial charge in [0.1, 0.15) is 11.5 Å². The first-order chi connectivity index (χ1) is 18.1. The zero-order chi connectivity index (χ0) is 25.4. The van der Waals surface area contributed by atoms with Gasteiger partial charge in [-0.05, 0) is 53.2 Å². The second-order valence-electron chi connectivity index (χ2n) is 9.27. The Labute approximate surface area is 215 Å². The molecule has 184 valence electrons. The molecule has 1 fully saturated rings. The Balaban J connectivity index is 1.32. The van der Waals surface area contributed by atoms with Crippen molar-refractivity contribution in [2.24, 2.45) is 0 Å². The summed E-state index contributed by atoms with van der Waals surface area (Å²) in [5.74, 6) is 1.09. The summed E-state index contributed by atoms with van der Waals surface area (Å²) in [5, 5.41) is 13.3. The summed E-state index contributed by atoms with van der Waals surface area (Å²) >= 11 is 0. The number of nitrogens with zero attached hydrogens (tertiary/aromatic N) is 3. The molecule has 0 spiro atoms. The van der Waals surface area contributed by atoms with Gasteiger partial charge in [0.25, 0.3) is 5.91 Å². The average molecular weight is 490 g/mol. The minimum atomic E-state index is 0.00214. The van der Waals surface area contributed by atoms with Gasteiger partial charge in [0.05, 0.1) is 29.6 Å². The second kappa shape index (κ2) is 9.47. The smallest absolute Gasteiger partial charge is 0.254 e. The molecule has 1 aliphatic heterocycles. The summed E-state index contributed by atoms with van der Waals surface area (Å²) in [6.45, 7) is 2.48. The van der Waals surface area contributed by atoms with Gasteiger partial charge in [-0.2, -0.15) is 0 Å². The maximum atomic E-state index is 13.8. The number of phenolic OH excluding ortho intramolecular Hbond substituents is 1. The van der Waals surface area contributed by atoms with Gasteiger partial charge < -0.3 is 19.6 Å². The van der Waals surface area contributed by atoms with Gasteiger partial charge >= 0.3 is 0 Å². The quantitative estimate of drug-likeness (QED) is 0.349. The largest absolute Gasteiger partial charge is 0.506 e. The van der Waals surface area contributed by atoms with E-state index in [-0.39, 0.29) is 11.7 Å². The van der Waals surface area contributed by atoms with Crippen molar-refractivity contribution in [3.63, 3.8) is 0 Å². The number of benzene rings is 4. The standard InChI is InChI=1S/C31H27N3O3/c1-37-24-13-12-21-18-23(11-10-22(21)19-24)28-20-26(25-6-2-3-7-27(25)32-28)31(36)34-16-14-33(15-17-34)29-8-4-5-9-30(29)35/h2-13,18-20,35H,14-17H2,1H3. The number of aromatic hydroxyl groups is 1. The van der Waals surface area contributed by atoms with Crippen LogP contribution < -0.4 is 9.64 Å². The van der Waals surface area contributed by atoms with Crippen molar-refractivity contribution < 1.29 is 14.6 Å². The highest BCUT2D eigenvalue weighted by Gasteiger charge is 2.25. The average Bonchev–Trinajstić information content (AvgIpc) is 2.96. The number of phenols is 1. The van der Waals surface area contributed by atoms with Crippen LogP contribution in [-0.2, 0) is 0 Å². The first-order valence-electron chi connectivity index (χ1n) is 12.4. The lowest BCUT2D eigenvalue weighted by Gasteiger charge is -2.36. The molecule has 0 atom stereocenters. The van der Waals surface area contributed by atoms with E-state index in [4.69, 9.17) is 9.72 Å². The normalized spacial score (nSPS) is 13.8. The molecule has 6 rings (SSSR count). The van der Waals surface area contributed by atoms with E-state index in [9.17, 15) is 9.90 Å². The summed E-state index contributed by atoms with van der Waals surface area (Å²) in [5.41, 5.74) is 3.99. The molecule has 1 N–H and O–H groups in total. The Morgan fingerprint density at radius 3 is 2.38 bits per heavy atom. The van der Waals surface area contributed by atoms with Gasteiger partial charge in [-0.3, -0.25) is 4.79 Å². The number of carbonyl (C=O) groups excluding carboxylic acids is 1. The molecule has 0 aliphatic carbocycles. The Bertz CT molecular complexity index is 1620. The van der Waals surface area contributed by atoms with Crippen LogP contribution >= 0.6 is 0 Å². The van der Waals surface area contributed by atoms with Crippen molar-refractivity contribution >= 4 is 33.3 Å². The van der Waals surface area contributed by atoms with Crippen LogP contribution in [0.5, 0.6) is 11.5 Å². The number of anilines is 1. The highest BCUT2D eigenvalue weighted by atomic mass is 16.5. The van der Waals surface area contributed by atoms with Gasteiger partial charge in [0.2, 0.25) is 0 Å². The molecule has 1 amide bonds. The molecule has 4 aromatic carbocycles. The highest BCUT2D eigenvalue weighted by molar-refractivity contribution is 6.07. The van der Waals surface area contributed by atoms with Crippen molar-refractivity contribution in [3.05, 3.63) is 96.6 Å². The fourth-order valence-corrected chi connectivity index (χ4v) is 5.06. The molecule has 0 radical (unpaired) electrons.